The molecule has 2 heteroatoms. The zero-order valence-corrected chi connectivity index (χ0v) is 17.6. The van der Waals surface area contributed by atoms with Gasteiger partial charge >= 0.3 is 0 Å². The van der Waals surface area contributed by atoms with Gasteiger partial charge in [-0.3, -0.25) is 0 Å². The van der Waals surface area contributed by atoms with Crippen molar-refractivity contribution in [3.05, 3.63) is 58.7 Å². The summed E-state index contributed by atoms with van der Waals surface area (Å²) in [6.07, 6.45) is 16.3. The summed E-state index contributed by atoms with van der Waals surface area (Å²) in [5.41, 5.74) is 4.62. The van der Waals surface area contributed by atoms with Crippen molar-refractivity contribution in [2.75, 3.05) is 0 Å². The van der Waals surface area contributed by atoms with Crippen LogP contribution in [0.1, 0.15) is 87.5 Å². The number of aromatic hydroxyl groups is 2. The van der Waals surface area contributed by atoms with E-state index in [1.165, 1.54) is 80.2 Å². The zero-order chi connectivity index (χ0) is 20.2. The Bertz CT molecular complexity index is 746. The van der Waals surface area contributed by atoms with Gasteiger partial charge in [0, 0.05) is 5.56 Å². The maximum Gasteiger partial charge on any atom is 0.123 e. The second kappa shape index (κ2) is 12.3. The molecule has 2 nitrogen and oxygen atoms in total. The quantitative estimate of drug-likeness (QED) is 0.227. The van der Waals surface area contributed by atoms with Crippen molar-refractivity contribution < 1.29 is 10.2 Å². The van der Waals surface area contributed by atoms with Crippen molar-refractivity contribution in [2.24, 2.45) is 0 Å². The van der Waals surface area contributed by atoms with E-state index in [0.29, 0.717) is 5.56 Å². The number of phenolic OH excluding ortho intramolecular Hbond substituents is 2. The Balaban J connectivity index is 2.17. The van der Waals surface area contributed by atoms with Gasteiger partial charge in [-0.15, -0.1) is 0 Å². The summed E-state index contributed by atoms with van der Waals surface area (Å²) in [7, 11) is 0. The first-order chi connectivity index (χ1) is 13.6. The van der Waals surface area contributed by atoms with E-state index < -0.39 is 0 Å². The van der Waals surface area contributed by atoms with Gasteiger partial charge in [0.05, 0.1) is 0 Å². The van der Waals surface area contributed by atoms with Crippen LogP contribution >= 0.6 is 0 Å². The molecule has 0 aliphatic carbocycles. The molecule has 0 saturated carbocycles. The highest BCUT2D eigenvalue weighted by atomic mass is 16.3. The summed E-state index contributed by atoms with van der Waals surface area (Å²) >= 11 is 0. The first kappa shape index (κ1) is 22.1. The molecule has 2 N–H and O–H groups in total. The maximum absolute atomic E-state index is 10.0. The number of rotatable bonds is 12. The van der Waals surface area contributed by atoms with Gasteiger partial charge in [0.1, 0.15) is 11.5 Å². The standard InChI is InChI=1S/C26H36O2/c1-3-5-7-9-11-21-13-14-22(12-10-8-6-4-2)23(19-21)15-16-24-20-25(27)17-18-26(24)28/h13-20,27-28H,3-12H2,1-2H3/b16-15+. The molecule has 0 aliphatic rings. The van der Waals surface area contributed by atoms with Gasteiger partial charge in [-0.05, 0) is 60.6 Å². The van der Waals surface area contributed by atoms with Gasteiger partial charge in [0.15, 0.2) is 0 Å². The van der Waals surface area contributed by atoms with Crippen molar-refractivity contribution in [1.82, 2.24) is 0 Å². The van der Waals surface area contributed by atoms with Crippen LogP contribution in [-0.4, -0.2) is 10.2 Å². The molecule has 2 rings (SSSR count). The molecule has 0 heterocycles. The molecule has 0 aliphatic heterocycles. The molecule has 0 amide bonds. The Labute approximate surface area is 170 Å². The number of phenols is 2. The zero-order valence-electron chi connectivity index (χ0n) is 17.6. The van der Waals surface area contributed by atoms with E-state index in [1.54, 1.807) is 6.07 Å². The molecule has 2 aromatic rings. The summed E-state index contributed by atoms with van der Waals surface area (Å²) in [6.45, 7) is 4.48. The largest absolute Gasteiger partial charge is 0.508 e. The minimum absolute atomic E-state index is 0.168. The van der Waals surface area contributed by atoms with Gasteiger partial charge < -0.3 is 10.2 Å². The van der Waals surface area contributed by atoms with Crippen LogP contribution in [0.25, 0.3) is 12.2 Å². The van der Waals surface area contributed by atoms with E-state index >= 15 is 0 Å². The molecular formula is C26H36O2. The third-order valence-electron chi connectivity index (χ3n) is 5.28. The highest BCUT2D eigenvalue weighted by Crippen LogP contribution is 2.26. The lowest BCUT2D eigenvalue weighted by Crippen LogP contribution is -1.94. The van der Waals surface area contributed by atoms with Crippen LogP contribution in [0, 0.1) is 0 Å². The minimum Gasteiger partial charge on any atom is -0.508 e. The molecule has 152 valence electrons. The van der Waals surface area contributed by atoms with E-state index in [0.717, 1.165) is 12.8 Å². The Hall–Kier alpha value is -2.22. The highest BCUT2D eigenvalue weighted by Gasteiger charge is 2.04. The third kappa shape index (κ3) is 7.42. The lowest BCUT2D eigenvalue weighted by molar-refractivity contribution is 0.459. The summed E-state index contributed by atoms with van der Waals surface area (Å²) in [6, 6.07) is 11.5. The Kier molecular flexibility index (Phi) is 9.68. The summed E-state index contributed by atoms with van der Waals surface area (Å²) in [4.78, 5) is 0. The first-order valence-electron chi connectivity index (χ1n) is 11.0. The van der Waals surface area contributed by atoms with Crippen molar-refractivity contribution in [3.63, 3.8) is 0 Å². The SMILES string of the molecule is CCCCCCc1ccc(CCCCCC)c(/C=C/c2cc(O)ccc2O)c1. The van der Waals surface area contributed by atoms with Gasteiger partial charge in [-0.25, -0.2) is 0 Å². The molecule has 0 spiro atoms. The van der Waals surface area contributed by atoms with Crippen molar-refractivity contribution in [1.29, 1.82) is 0 Å². The van der Waals surface area contributed by atoms with Crippen LogP contribution in [0.15, 0.2) is 36.4 Å². The fourth-order valence-electron chi connectivity index (χ4n) is 3.54. The Morgan fingerprint density at radius 3 is 2.07 bits per heavy atom. The van der Waals surface area contributed by atoms with Crippen LogP contribution in [0.2, 0.25) is 0 Å². The normalized spacial score (nSPS) is 11.4. The second-order valence-electron chi connectivity index (χ2n) is 7.73. The summed E-state index contributed by atoms with van der Waals surface area (Å²) in [5.74, 6) is 0.358. The maximum atomic E-state index is 10.0. The Morgan fingerprint density at radius 1 is 0.679 bits per heavy atom. The topological polar surface area (TPSA) is 40.5 Å². The van der Waals surface area contributed by atoms with Crippen LogP contribution in [0.5, 0.6) is 11.5 Å². The third-order valence-corrected chi connectivity index (χ3v) is 5.28. The predicted octanol–water partition coefficient (Wildman–Crippen LogP) is 7.51. The lowest BCUT2D eigenvalue weighted by Gasteiger charge is -2.10. The molecule has 0 aromatic heterocycles. The molecule has 28 heavy (non-hydrogen) atoms. The summed E-state index contributed by atoms with van der Waals surface area (Å²) in [5, 5.41) is 19.7. The second-order valence-corrected chi connectivity index (χ2v) is 7.73. The minimum atomic E-state index is 0.168. The average molecular weight is 381 g/mol. The van der Waals surface area contributed by atoms with Gasteiger partial charge in [0.2, 0.25) is 0 Å². The molecule has 0 radical (unpaired) electrons. The van der Waals surface area contributed by atoms with Crippen LogP contribution in [0.4, 0.5) is 0 Å². The smallest absolute Gasteiger partial charge is 0.123 e. The van der Waals surface area contributed by atoms with Gasteiger partial charge in [-0.2, -0.15) is 0 Å². The lowest BCUT2D eigenvalue weighted by atomic mass is 9.95. The number of hydrogen-bond donors (Lipinski definition) is 2. The van der Waals surface area contributed by atoms with E-state index in [9.17, 15) is 10.2 Å². The highest BCUT2D eigenvalue weighted by molar-refractivity contribution is 5.74. The van der Waals surface area contributed by atoms with E-state index in [2.05, 4.69) is 38.1 Å². The van der Waals surface area contributed by atoms with E-state index in [1.807, 2.05) is 6.08 Å². The first-order valence-corrected chi connectivity index (χ1v) is 11.0. The number of benzene rings is 2. The van der Waals surface area contributed by atoms with E-state index in [-0.39, 0.29) is 11.5 Å². The van der Waals surface area contributed by atoms with Crippen LogP contribution < -0.4 is 0 Å². The monoisotopic (exact) mass is 380 g/mol. The van der Waals surface area contributed by atoms with Gasteiger partial charge in [0.25, 0.3) is 0 Å². The fraction of sp³-hybridized carbons (Fsp3) is 0.462. The summed E-state index contributed by atoms with van der Waals surface area (Å²) < 4.78 is 0. The van der Waals surface area contributed by atoms with Crippen LogP contribution in [-0.2, 0) is 12.8 Å². The predicted molar refractivity (Wildman–Crippen MR) is 121 cm³/mol. The number of unbranched alkanes of at least 4 members (excludes halogenated alkanes) is 6. The van der Waals surface area contributed by atoms with E-state index in [4.69, 9.17) is 0 Å². The molecule has 0 saturated heterocycles. The molecule has 0 fully saturated rings. The molecule has 0 atom stereocenters. The Morgan fingerprint density at radius 2 is 1.36 bits per heavy atom. The van der Waals surface area contributed by atoms with Crippen molar-refractivity contribution in [2.45, 2.75) is 78.1 Å². The van der Waals surface area contributed by atoms with Crippen molar-refractivity contribution in [3.8, 4) is 11.5 Å². The fourth-order valence-corrected chi connectivity index (χ4v) is 3.54. The molecule has 0 bridgehead atoms. The van der Waals surface area contributed by atoms with Crippen LogP contribution in [0.3, 0.4) is 0 Å². The molecular weight excluding hydrogens is 344 g/mol. The van der Waals surface area contributed by atoms with Gasteiger partial charge in [-0.1, -0.05) is 82.7 Å². The average Bonchev–Trinajstić information content (AvgIpc) is 2.70. The number of aryl methyl sites for hydroxylation is 2. The molecule has 2 aromatic carbocycles. The van der Waals surface area contributed by atoms with Crippen molar-refractivity contribution >= 4 is 12.2 Å². The number of hydrogen-bond acceptors (Lipinski definition) is 2. The molecule has 0 unspecified atom stereocenters.